The molecule has 25 heavy (non-hydrogen) atoms. The van der Waals surface area contributed by atoms with E-state index in [1.807, 2.05) is 0 Å². The zero-order chi connectivity index (χ0) is 17.4. The Morgan fingerprint density at radius 2 is 1.80 bits per heavy atom. The van der Waals surface area contributed by atoms with Gasteiger partial charge in [-0.15, -0.1) is 0 Å². The topological polar surface area (TPSA) is 65.2 Å². The monoisotopic (exact) mass is 380 g/mol. The normalized spacial score (nSPS) is 18.7. The molecule has 0 bridgehead atoms. The van der Waals surface area contributed by atoms with Crippen molar-refractivity contribution in [3.8, 4) is 11.3 Å². The van der Waals surface area contributed by atoms with Gasteiger partial charge in [-0.05, 0) is 25.7 Å². The quantitative estimate of drug-likeness (QED) is 0.733. The lowest BCUT2D eigenvalue weighted by molar-refractivity contribution is -0.123. The van der Waals surface area contributed by atoms with Gasteiger partial charge in [-0.3, -0.25) is 9.78 Å². The molecule has 0 unspecified atom stereocenters. The summed E-state index contributed by atoms with van der Waals surface area (Å²) < 4.78 is 11.7. The number of hydrogen-bond donors (Lipinski definition) is 0. The van der Waals surface area contributed by atoms with Gasteiger partial charge in [-0.25, -0.2) is 0 Å². The summed E-state index contributed by atoms with van der Waals surface area (Å²) in [6.45, 7) is 0.387. The number of carbonyl (C=O) groups is 1. The van der Waals surface area contributed by atoms with Crippen molar-refractivity contribution >= 4 is 29.0 Å². The van der Waals surface area contributed by atoms with E-state index in [-0.39, 0.29) is 6.10 Å². The number of ketones is 1. The molecule has 0 radical (unpaired) electrons. The lowest BCUT2D eigenvalue weighted by Crippen LogP contribution is -2.21. The fourth-order valence-electron chi connectivity index (χ4n) is 3.24. The summed E-state index contributed by atoms with van der Waals surface area (Å²) in [7, 11) is 0. The predicted octanol–water partition coefficient (Wildman–Crippen LogP) is 4.95. The number of aromatic nitrogens is 2. The van der Waals surface area contributed by atoms with E-state index in [0.29, 0.717) is 52.5 Å². The molecule has 0 amide bonds. The van der Waals surface area contributed by atoms with Crippen molar-refractivity contribution in [3.63, 3.8) is 0 Å². The number of halogens is 2. The molecule has 132 valence electrons. The molecule has 2 saturated carbocycles. The number of pyridine rings is 1. The SMILES string of the molecule is O=C1CCC(OCc2c(-c3c(Cl)cncc3Cl)noc2C2CC2)CC1. The van der Waals surface area contributed by atoms with Crippen LogP contribution in [-0.2, 0) is 16.1 Å². The van der Waals surface area contributed by atoms with Crippen LogP contribution in [0.5, 0.6) is 0 Å². The minimum atomic E-state index is 0.0934. The minimum absolute atomic E-state index is 0.0934. The van der Waals surface area contributed by atoms with Gasteiger partial charge >= 0.3 is 0 Å². The van der Waals surface area contributed by atoms with Crippen LogP contribution in [0.15, 0.2) is 16.9 Å². The highest BCUT2D eigenvalue weighted by Crippen LogP contribution is 2.46. The summed E-state index contributed by atoms with van der Waals surface area (Å²) in [6.07, 6.45) is 8.11. The summed E-state index contributed by atoms with van der Waals surface area (Å²) in [5, 5.41) is 5.11. The molecule has 2 aliphatic carbocycles. The van der Waals surface area contributed by atoms with Crippen LogP contribution in [0.25, 0.3) is 11.3 Å². The summed E-state index contributed by atoms with van der Waals surface area (Å²) in [5.41, 5.74) is 2.17. The van der Waals surface area contributed by atoms with Crippen molar-refractivity contribution in [1.29, 1.82) is 0 Å². The average Bonchev–Trinajstić information content (AvgIpc) is 3.36. The standard InChI is InChI=1S/C18H18Cl2N2O3/c19-14-7-21-8-15(20)16(14)17-13(18(25-22-17)10-1-2-10)9-24-12-5-3-11(23)4-6-12/h7-8,10,12H,1-6,9H2. The molecule has 2 aromatic rings. The second-order valence-electron chi connectivity index (χ2n) is 6.68. The van der Waals surface area contributed by atoms with Crippen LogP contribution < -0.4 is 0 Å². The molecule has 2 heterocycles. The lowest BCUT2D eigenvalue weighted by Gasteiger charge is -2.21. The van der Waals surface area contributed by atoms with Crippen molar-refractivity contribution in [3.05, 3.63) is 33.8 Å². The zero-order valence-electron chi connectivity index (χ0n) is 13.6. The predicted molar refractivity (Wildman–Crippen MR) is 93.8 cm³/mol. The smallest absolute Gasteiger partial charge is 0.145 e. The highest BCUT2D eigenvalue weighted by molar-refractivity contribution is 6.38. The molecule has 0 spiro atoms. The molecule has 0 N–H and O–H groups in total. The molecule has 0 aromatic carbocycles. The molecule has 0 atom stereocenters. The number of carbonyl (C=O) groups excluding carboxylic acids is 1. The lowest BCUT2D eigenvalue weighted by atomic mass is 9.96. The Kier molecular flexibility index (Phi) is 4.80. The Balaban J connectivity index is 1.61. The summed E-state index contributed by atoms with van der Waals surface area (Å²) in [6, 6.07) is 0. The van der Waals surface area contributed by atoms with E-state index in [9.17, 15) is 4.79 Å². The van der Waals surface area contributed by atoms with Crippen LogP contribution in [0.3, 0.4) is 0 Å². The fraction of sp³-hybridized carbons (Fsp3) is 0.500. The van der Waals surface area contributed by atoms with Gasteiger partial charge in [0.05, 0.1) is 22.8 Å². The van der Waals surface area contributed by atoms with Crippen LogP contribution >= 0.6 is 23.2 Å². The van der Waals surface area contributed by atoms with E-state index in [2.05, 4.69) is 10.1 Å². The first-order valence-corrected chi connectivity index (χ1v) is 9.30. The molecule has 2 aromatic heterocycles. The molecular weight excluding hydrogens is 363 g/mol. The first-order valence-electron chi connectivity index (χ1n) is 8.54. The molecule has 0 saturated heterocycles. The van der Waals surface area contributed by atoms with Crippen LogP contribution in [0.1, 0.15) is 55.8 Å². The summed E-state index contributed by atoms with van der Waals surface area (Å²) >= 11 is 12.6. The van der Waals surface area contributed by atoms with Gasteiger partial charge in [0, 0.05) is 42.3 Å². The van der Waals surface area contributed by atoms with Gasteiger partial charge in [-0.2, -0.15) is 0 Å². The number of Topliss-reactive ketones (excluding diaryl/α,β-unsaturated/α-hetero) is 1. The summed E-state index contributed by atoms with van der Waals surface area (Å²) in [5.74, 6) is 1.58. The fourth-order valence-corrected chi connectivity index (χ4v) is 3.79. The van der Waals surface area contributed by atoms with Crippen LogP contribution in [0.4, 0.5) is 0 Å². The Morgan fingerprint density at radius 3 is 2.44 bits per heavy atom. The molecule has 4 rings (SSSR count). The Morgan fingerprint density at radius 1 is 1.12 bits per heavy atom. The van der Waals surface area contributed by atoms with Gasteiger partial charge in [0.2, 0.25) is 0 Å². The third-order valence-electron chi connectivity index (χ3n) is 4.81. The summed E-state index contributed by atoms with van der Waals surface area (Å²) in [4.78, 5) is 15.4. The van der Waals surface area contributed by atoms with E-state index >= 15 is 0 Å². The van der Waals surface area contributed by atoms with Crippen molar-refractivity contribution in [2.75, 3.05) is 0 Å². The Labute approximate surface area is 155 Å². The van der Waals surface area contributed by atoms with Gasteiger partial charge in [0.1, 0.15) is 17.2 Å². The number of rotatable bonds is 5. The zero-order valence-corrected chi connectivity index (χ0v) is 15.1. The molecule has 2 aliphatic rings. The van der Waals surface area contributed by atoms with E-state index in [1.165, 1.54) is 0 Å². The number of hydrogen-bond acceptors (Lipinski definition) is 5. The number of nitrogens with zero attached hydrogens (tertiary/aromatic N) is 2. The Bertz CT molecular complexity index is 771. The average molecular weight is 381 g/mol. The largest absolute Gasteiger partial charge is 0.373 e. The third-order valence-corrected chi connectivity index (χ3v) is 5.38. The first-order chi connectivity index (χ1) is 12.1. The maximum absolute atomic E-state index is 11.4. The van der Waals surface area contributed by atoms with Crippen molar-refractivity contribution in [2.45, 2.75) is 57.2 Å². The second kappa shape index (κ2) is 7.06. The van der Waals surface area contributed by atoms with Crippen molar-refractivity contribution in [2.24, 2.45) is 0 Å². The molecule has 0 aliphatic heterocycles. The van der Waals surface area contributed by atoms with Crippen molar-refractivity contribution in [1.82, 2.24) is 10.1 Å². The molecule has 7 heteroatoms. The maximum Gasteiger partial charge on any atom is 0.145 e. The van der Waals surface area contributed by atoms with Crippen LogP contribution in [0, 0.1) is 0 Å². The molecule has 5 nitrogen and oxygen atoms in total. The Hall–Kier alpha value is -1.43. The molecular formula is C18H18Cl2N2O3. The molecule has 2 fully saturated rings. The number of ether oxygens (including phenoxy) is 1. The van der Waals surface area contributed by atoms with E-state index < -0.39 is 0 Å². The van der Waals surface area contributed by atoms with E-state index in [4.69, 9.17) is 32.5 Å². The van der Waals surface area contributed by atoms with Gasteiger partial charge in [0.25, 0.3) is 0 Å². The minimum Gasteiger partial charge on any atom is -0.373 e. The van der Waals surface area contributed by atoms with E-state index in [0.717, 1.165) is 37.0 Å². The highest BCUT2D eigenvalue weighted by atomic mass is 35.5. The van der Waals surface area contributed by atoms with E-state index in [1.54, 1.807) is 12.4 Å². The highest BCUT2D eigenvalue weighted by Gasteiger charge is 2.34. The van der Waals surface area contributed by atoms with Crippen LogP contribution in [0.2, 0.25) is 10.0 Å². The first kappa shape index (κ1) is 17.0. The second-order valence-corrected chi connectivity index (χ2v) is 7.49. The van der Waals surface area contributed by atoms with Gasteiger partial charge in [0.15, 0.2) is 0 Å². The van der Waals surface area contributed by atoms with Gasteiger partial charge in [-0.1, -0.05) is 28.4 Å². The third kappa shape index (κ3) is 3.59. The van der Waals surface area contributed by atoms with Gasteiger partial charge < -0.3 is 9.26 Å². The van der Waals surface area contributed by atoms with Crippen molar-refractivity contribution < 1.29 is 14.1 Å². The van der Waals surface area contributed by atoms with Crippen LogP contribution in [-0.4, -0.2) is 22.0 Å². The maximum atomic E-state index is 11.4.